The van der Waals surface area contributed by atoms with Crippen LogP contribution in [-0.4, -0.2) is 51.7 Å². The molecule has 1 fully saturated rings. The van der Waals surface area contributed by atoms with E-state index in [1.54, 1.807) is 7.05 Å². The van der Waals surface area contributed by atoms with E-state index < -0.39 is 12.1 Å². The number of nitrogens with one attached hydrogen (secondary N) is 1. The lowest BCUT2D eigenvalue weighted by Gasteiger charge is -2.26. The van der Waals surface area contributed by atoms with E-state index in [0.717, 1.165) is 33.5 Å². The first kappa shape index (κ1) is 21.1. The van der Waals surface area contributed by atoms with Gasteiger partial charge in [0.05, 0.1) is 0 Å². The van der Waals surface area contributed by atoms with Crippen LogP contribution in [0.5, 0.6) is 0 Å². The summed E-state index contributed by atoms with van der Waals surface area (Å²) in [7, 11) is 1.67. The van der Waals surface area contributed by atoms with Crippen LogP contribution < -0.4 is 4.90 Å². The van der Waals surface area contributed by atoms with E-state index in [4.69, 9.17) is 4.74 Å². The number of fused-ring (bicyclic) bond motifs is 1. The molecule has 2 aromatic carbocycles. The molecule has 4 aromatic rings. The zero-order chi connectivity index (χ0) is 22.8. The molecule has 0 spiro atoms. The predicted molar refractivity (Wildman–Crippen MR) is 127 cm³/mol. The van der Waals surface area contributed by atoms with E-state index in [-0.39, 0.29) is 12.5 Å². The summed E-state index contributed by atoms with van der Waals surface area (Å²) < 4.78 is 5.46. The van der Waals surface area contributed by atoms with Crippen LogP contribution in [-0.2, 0) is 16.1 Å². The Kier molecular flexibility index (Phi) is 5.78. The van der Waals surface area contributed by atoms with E-state index in [1.165, 1.54) is 21.1 Å². The summed E-state index contributed by atoms with van der Waals surface area (Å²) in [5.41, 5.74) is 2.90. The lowest BCUT2D eigenvalue weighted by Crippen LogP contribution is -2.46. The van der Waals surface area contributed by atoms with Crippen LogP contribution >= 0.6 is 11.3 Å². The first-order valence-corrected chi connectivity index (χ1v) is 11.6. The molecule has 0 unspecified atom stereocenters. The molecular formula is C24H23N5O3S. The fraction of sp³-hybridized carbons (Fsp3) is 0.250. The summed E-state index contributed by atoms with van der Waals surface area (Å²) >= 11 is 1.35. The largest absolute Gasteiger partial charge is 0.445 e. The summed E-state index contributed by atoms with van der Waals surface area (Å²) in [4.78, 5) is 32.1. The van der Waals surface area contributed by atoms with Crippen molar-refractivity contribution in [3.63, 3.8) is 0 Å². The molecular weight excluding hydrogens is 438 g/mol. The number of hydrogen-bond donors (Lipinski definition) is 1. The molecule has 0 aliphatic carbocycles. The van der Waals surface area contributed by atoms with Crippen LogP contribution in [0.1, 0.15) is 18.4 Å². The lowest BCUT2D eigenvalue weighted by atomic mass is 10.2. The number of aromatic amines is 1. The minimum absolute atomic E-state index is 0.179. The van der Waals surface area contributed by atoms with Crippen molar-refractivity contribution >= 4 is 39.4 Å². The van der Waals surface area contributed by atoms with Crippen LogP contribution in [0.4, 0.5) is 9.93 Å². The van der Waals surface area contributed by atoms with Gasteiger partial charge < -0.3 is 9.72 Å². The summed E-state index contributed by atoms with van der Waals surface area (Å²) in [6.45, 7) is 0.675. The van der Waals surface area contributed by atoms with Crippen molar-refractivity contribution in [1.29, 1.82) is 0 Å². The molecule has 2 aromatic heterocycles. The van der Waals surface area contributed by atoms with Gasteiger partial charge in [0.2, 0.25) is 5.13 Å². The second-order valence-electron chi connectivity index (χ2n) is 7.96. The van der Waals surface area contributed by atoms with Gasteiger partial charge in [0, 0.05) is 36.3 Å². The average molecular weight is 462 g/mol. The minimum Gasteiger partial charge on any atom is -0.445 e. The first-order valence-electron chi connectivity index (χ1n) is 10.8. The Morgan fingerprint density at radius 3 is 2.88 bits per heavy atom. The van der Waals surface area contributed by atoms with Crippen LogP contribution in [0.3, 0.4) is 0 Å². The lowest BCUT2D eigenvalue weighted by molar-refractivity contribution is -0.122. The van der Waals surface area contributed by atoms with Gasteiger partial charge in [-0.3, -0.25) is 14.6 Å². The number of likely N-dealkylation sites (N-methyl/N-ethyl adjacent to an activating group) is 1. The number of carbonyl (C=O) groups is 2. The molecule has 3 heterocycles. The zero-order valence-corrected chi connectivity index (χ0v) is 18.9. The molecule has 1 saturated heterocycles. The zero-order valence-electron chi connectivity index (χ0n) is 18.1. The Labute approximate surface area is 194 Å². The van der Waals surface area contributed by atoms with Crippen molar-refractivity contribution < 1.29 is 14.3 Å². The van der Waals surface area contributed by atoms with Crippen molar-refractivity contribution in [1.82, 2.24) is 20.1 Å². The highest BCUT2D eigenvalue weighted by Gasteiger charge is 2.37. The van der Waals surface area contributed by atoms with Crippen LogP contribution in [0.15, 0.2) is 60.8 Å². The fourth-order valence-electron chi connectivity index (χ4n) is 4.02. The number of likely N-dealkylation sites (tertiary alicyclic amines) is 1. The molecule has 0 bridgehead atoms. The molecule has 1 N–H and O–H groups in total. The third kappa shape index (κ3) is 4.31. The monoisotopic (exact) mass is 461 g/mol. The van der Waals surface area contributed by atoms with E-state index in [2.05, 4.69) is 15.2 Å². The highest BCUT2D eigenvalue weighted by atomic mass is 32.1. The topological polar surface area (TPSA) is 91.4 Å². The molecule has 1 aliphatic rings. The molecule has 2 amide bonds. The van der Waals surface area contributed by atoms with E-state index in [0.29, 0.717) is 18.1 Å². The first-order chi connectivity index (χ1) is 16.1. The van der Waals surface area contributed by atoms with Crippen LogP contribution in [0.2, 0.25) is 0 Å². The smallest absolute Gasteiger partial charge is 0.410 e. The Bertz CT molecular complexity index is 1290. The van der Waals surface area contributed by atoms with Gasteiger partial charge in [0.15, 0.2) is 0 Å². The molecule has 0 radical (unpaired) electrons. The van der Waals surface area contributed by atoms with Gasteiger partial charge in [-0.15, -0.1) is 10.2 Å². The van der Waals surface area contributed by atoms with Gasteiger partial charge in [-0.05, 0) is 42.7 Å². The number of carbonyl (C=O) groups excluding carboxylic acids is 2. The molecule has 5 rings (SSSR count). The number of ether oxygens (including phenoxy) is 1. The second kappa shape index (κ2) is 9.03. The third-order valence-electron chi connectivity index (χ3n) is 5.81. The maximum atomic E-state index is 13.2. The van der Waals surface area contributed by atoms with Crippen LogP contribution in [0.25, 0.3) is 21.5 Å². The summed E-state index contributed by atoms with van der Waals surface area (Å²) in [6, 6.07) is 16.9. The summed E-state index contributed by atoms with van der Waals surface area (Å²) in [5.74, 6) is -0.187. The molecule has 33 heavy (non-hydrogen) atoms. The predicted octanol–water partition coefficient (Wildman–Crippen LogP) is 4.45. The van der Waals surface area contributed by atoms with Gasteiger partial charge in [-0.25, -0.2) is 4.79 Å². The third-order valence-corrected chi connectivity index (χ3v) is 6.86. The van der Waals surface area contributed by atoms with Gasteiger partial charge in [-0.1, -0.05) is 41.7 Å². The van der Waals surface area contributed by atoms with E-state index in [1.807, 2.05) is 60.8 Å². The number of hydrogen-bond acceptors (Lipinski definition) is 6. The highest BCUT2D eigenvalue weighted by Crippen LogP contribution is 2.31. The standard InChI is InChI=1S/C24H23N5O3S/c1-28(23-27-26-21(33-23)18-9-10-19-17(14-18)11-12-25-19)22(30)20-8-5-13-29(20)24(31)32-15-16-6-3-2-4-7-16/h2-4,6-7,9-12,14,20,25H,5,8,13,15H2,1H3/t20-/m0/s1. The Hall–Kier alpha value is -3.72. The average Bonchev–Trinajstić information content (AvgIpc) is 3.61. The molecule has 168 valence electrons. The molecule has 0 saturated carbocycles. The highest BCUT2D eigenvalue weighted by molar-refractivity contribution is 7.18. The summed E-state index contributed by atoms with van der Waals surface area (Å²) in [5, 5.41) is 10.8. The SMILES string of the molecule is CN(C(=O)[C@@H]1CCCN1C(=O)OCc1ccccc1)c1nnc(-c2ccc3[nH]ccc3c2)s1. The fourth-order valence-corrected chi connectivity index (χ4v) is 4.82. The minimum atomic E-state index is -0.568. The number of anilines is 1. The molecule has 9 heteroatoms. The van der Waals surface area contributed by atoms with E-state index in [9.17, 15) is 9.59 Å². The molecule has 8 nitrogen and oxygen atoms in total. The van der Waals surface area contributed by atoms with Gasteiger partial charge in [0.25, 0.3) is 5.91 Å². The number of benzene rings is 2. The van der Waals surface area contributed by atoms with Crippen molar-refractivity contribution in [2.45, 2.75) is 25.5 Å². The van der Waals surface area contributed by atoms with Crippen molar-refractivity contribution in [2.75, 3.05) is 18.5 Å². The number of aromatic nitrogens is 3. The Morgan fingerprint density at radius 1 is 1.18 bits per heavy atom. The van der Waals surface area contributed by atoms with Gasteiger partial charge in [0.1, 0.15) is 17.7 Å². The Morgan fingerprint density at radius 2 is 2.03 bits per heavy atom. The second-order valence-corrected chi connectivity index (χ2v) is 8.91. The number of H-pyrrole nitrogens is 1. The van der Waals surface area contributed by atoms with Crippen molar-refractivity contribution in [2.24, 2.45) is 0 Å². The quantitative estimate of drug-likeness (QED) is 0.474. The normalized spacial score (nSPS) is 15.7. The maximum absolute atomic E-state index is 13.2. The maximum Gasteiger partial charge on any atom is 0.410 e. The van der Waals surface area contributed by atoms with Gasteiger partial charge >= 0.3 is 6.09 Å². The van der Waals surface area contributed by atoms with Crippen molar-refractivity contribution in [3.05, 3.63) is 66.4 Å². The molecule has 1 aliphatic heterocycles. The Balaban J connectivity index is 1.27. The number of amides is 2. The number of rotatable bonds is 5. The summed E-state index contributed by atoms with van der Waals surface area (Å²) in [6.07, 6.45) is 2.77. The van der Waals surface area contributed by atoms with Gasteiger partial charge in [-0.2, -0.15) is 0 Å². The van der Waals surface area contributed by atoms with Crippen LogP contribution in [0, 0.1) is 0 Å². The molecule has 1 atom stereocenters. The number of nitrogens with zero attached hydrogens (tertiary/aromatic N) is 4. The van der Waals surface area contributed by atoms with Crippen molar-refractivity contribution in [3.8, 4) is 10.6 Å². The van der Waals surface area contributed by atoms with E-state index >= 15 is 0 Å².